The normalized spacial score (nSPS) is 10.7. The predicted molar refractivity (Wildman–Crippen MR) is 101 cm³/mol. The quantitative estimate of drug-likeness (QED) is 0.542. The van der Waals surface area contributed by atoms with E-state index in [2.05, 4.69) is 10.1 Å². The van der Waals surface area contributed by atoms with Gasteiger partial charge in [0.15, 0.2) is 5.82 Å². The van der Waals surface area contributed by atoms with Crippen LogP contribution < -0.4 is 4.74 Å². The molecule has 4 rings (SSSR count). The first-order valence-electron chi connectivity index (χ1n) is 8.01. The summed E-state index contributed by atoms with van der Waals surface area (Å²) in [6.45, 7) is 0. The molecule has 0 aliphatic rings. The Kier molecular flexibility index (Phi) is 4.33. The summed E-state index contributed by atoms with van der Waals surface area (Å²) in [5.41, 5.74) is 2.69. The number of hydrogen-bond acceptors (Lipinski definition) is 5. The maximum atomic E-state index is 12.9. The molecule has 0 N–H and O–H groups in total. The third-order valence-electron chi connectivity index (χ3n) is 3.94. The van der Waals surface area contributed by atoms with Crippen LogP contribution in [-0.2, 0) is 0 Å². The van der Waals surface area contributed by atoms with Crippen molar-refractivity contribution in [3.63, 3.8) is 0 Å². The van der Waals surface area contributed by atoms with E-state index in [9.17, 15) is 4.79 Å². The highest BCUT2D eigenvalue weighted by atomic mass is 32.1. The molecule has 128 valence electrons. The van der Waals surface area contributed by atoms with Crippen LogP contribution in [0, 0.1) is 0 Å². The van der Waals surface area contributed by atoms with E-state index in [-0.39, 0.29) is 11.9 Å². The zero-order valence-corrected chi connectivity index (χ0v) is 14.8. The van der Waals surface area contributed by atoms with Crippen LogP contribution in [0.15, 0.2) is 72.1 Å². The molecular weight excluding hydrogens is 346 g/mol. The fourth-order valence-electron chi connectivity index (χ4n) is 2.64. The number of benzene rings is 2. The van der Waals surface area contributed by atoms with Crippen LogP contribution in [0.3, 0.4) is 0 Å². The molecule has 6 heteroatoms. The van der Waals surface area contributed by atoms with E-state index < -0.39 is 0 Å². The lowest BCUT2D eigenvalue weighted by molar-refractivity contribution is 0.0945. The average Bonchev–Trinajstić information content (AvgIpc) is 3.37. The van der Waals surface area contributed by atoms with Gasteiger partial charge in [-0.05, 0) is 34.7 Å². The first-order valence-corrected chi connectivity index (χ1v) is 8.89. The Bertz CT molecular complexity index is 1020. The van der Waals surface area contributed by atoms with Crippen molar-refractivity contribution in [1.82, 2.24) is 14.8 Å². The number of aromatic nitrogens is 3. The molecule has 2 heterocycles. The smallest absolute Gasteiger partial charge is 0.336 e. The Morgan fingerprint density at radius 3 is 2.35 bits per heavy atom. The van der Waals surface area contributed by atoms with Gasteiger partial charge >= 0.3 is 6.01 Å². The van der Waals surface area contributed by atoms with Crippen LogP contribution in [0.2, 0.25) is 0 Å². The van der Waals surface area contributed by atoms with Crippen LogP contribution in [0.1, 0.15) is 10.4 Å². The molecule has 0 aliphatic heterocycles. The van der Waals surface area contributed by atoms with Crippen molar-refractivity contribution in [1.29, 1.82) is 0 Å². The SMILES string of the molecule is COc1nc(-c2cccs2)n(C(=O)c2ccc(-c3ccccc3)cc2)n1. The molecule has 2 aromatic heterocycles. The van der Waals surface area contributed by atoms with Crippen molar-refractivity contribution in [3.05, 3.63) is 77.7 Å². The van der Waals surface area contributed by atoms with Crippen molar-refractivity contribution in [2.75, 3.05) is 7.11 Å². The Morgan fingerprint density at radius 2 is 1.69 bits per heavy atom. The summed E-state index contributed by atoms with van der Waals surface area (Å²) >= 11 is 1.50. The van der Waals surface area contributed by atoms with Crippen LogP contribution in [0.25, 0.3) is 21.8 Å². The van der Waals surface area contributed by atoms with Crippen molar-refractivity contribution in [2.24, 2.45) is 0 Å². The molecule has 0 bridgehead atoms. The highest BCUT2D eigenvalue weighted by molar-refractivity contribution is 7.13. The van der Waals surface area contributed by atoms with E-state index in [0.717, 1.165) is 16.0 Å². The fraction of sp³-hybridized carbons (Fsp3) is 0.0500. The number of ether oxygens (including phenoxy) is 1. The second-order valence-electron chi connectivity index (χ2n) is 5.56. The molecule has 0 amide bonds. The first-order chi connectivity index (χ1) is 12.8. The van der Waals surface area contributed by atoms with Gasteiger partial charge in [0.05, 0.1) is 12.0 Å². The number of nitrogens with zero attached hydrogens (tertiary/aromatic N) is 3. The topological polar surface area (TPSA) is 57.0 Å². The van der Waals surface area contributed by atoms with Gasteiger partial charge in [-0.1, -0.05) is 48.5 Å². The van der Waals surface area contributed by atoms with Gasteiger partial charge in [-0.15, -0.1) is 16.4 Å². The molecule has 0 aliphatic carbocycles. The second kappa shape index (κ2) is 6.93. The number of carbonyl (C=O) groups is 1. The number of hydrogen-bond donors (Lipinski definition) is 0. The number of methoxy groups -OCH3 is 1. The predicted octanol–water partition coefficient (Wildman–Crippen LogP) is 4.37. The minimum atomic E-state index is -0.246. The van der Waals surface area contributed by atoms with Gasteiger partial charge in [-0.3, -0.25) is 4.79 Å². The molecule has 0 radical (unpaired) electrons. The Morgan fingerprint density at radius 1 is 0.962 bits per heavy atom. The van der Waals surface area contributed by atoms with Crippen LogP contribution >= 0.6 is 11.3 Å². The van der Waals surface area contributed by atoms with Crippen molar-refractivity contribution >= 4 is 17.2 Å². The van der Waals surface area contributed by atoms with Crippen molar-refractivity contribution in [3.8, 4) is 27.8 Å². The van der Waals surface area contributed by atoms with Crippen molar-refractivity contribution in [2.45, 2.75) is 0 Å². The summed E-state index contributed by atoms with van der Waals surface area (Å²) in [6, 6.07) is 21.5. The summed E-state index contributed by atoms with van der Waals surface area (Å²) < 4.78 is 6.40. The molecule has 0 saturated heterocycles. The van der Waals surface area contributed by atoms with E-state index in [1.165, 1.54) is 23.1 Å². The molecular formula is C20H15N3O2S. The molecule has 0 spiro atoms. The van der Waals surface area contributed by atoms with Crippen LogP contribution in [0.5, 0.6) is 6.01 Å². The van der Waals surface area contributed by atoms with Gasteiger partial charge in [0, 0.05) is 5.56 Å². The minimum absolute atomic E-state index is 0.169. The highest BCUT2D eigenvalue weighted by Crippen LogP contribution is 2.26. The molecule has 2 aromatic carbocycles. The zero-order valence-electron chi connectivity index (χ0n) is 14.0. The average molecular weight is 361 g/mol. The minimum Gasteiger partial charge on any atom is -0.466 e. The second-order valence-corrected chi connectivity index (χ2v) is 6.51. The number of thiophene rings is 1. The van der Waals surface area contributed by atoms with E-state index in [1.54, 1.807) is 12.1 Å². The lowest BCUT2D eigenvalue weighted by Crippen LogP contribution is -2.15. The lowest BCUT2D eigenvalue weighted by Gasteiger charge is -2.05. The molecule has 0 saturated carbocycles. The lowest BCUT2D eigenvalue weighted by atomic mass is 10.0. The molecule has 26 heavy (non-hydrogen) atoms. The highest BCUT2D eigenvalue weighted by Gasteiger charge is 2.20. The molecule has 0 atom stereocenters. The van der Waals surface area contributed by atoms with E-state index >= 15 is 0 Å². The third kappa shape index (κ3) is 3.02. The Balaban J connectivity index is 1.69. The monoisotopic (exact) mass is 361 g/mol. The Hall–Kier alpha value is -3.25. The van der Waals surface area contributed by atoms with Crippen LogP contribution in [0.4, 0.5) is 0 Å². The van der Waals surface area contributed by atoms with Crippen LogP contribution in [-0.4, -0.2) is 27.8 Å². The van der Waals surface area contributed by atoms with Crippen molar-refractivity contribution < 1.29 is 9.53 Å². The maximum Gasteiger partial charge on any atom is 0.336 e. The fourth-order valence-corrected chi connectivity index (χ4v) is 3.34. The zero-order chi connectivity index (χ0) is 17.9. The standard InChI is InChI=1S/C20H15N3O2S/c1-25-20-21-18(17-8-5-13-26-17)23(22-20)19(24)16-11-9-15(10-12-16)14-6-3-2-4-7-14/h2-13H,1H3. The van der Waals surface area contributed by atoms with Gasteiger partial charge in [0.25, 0.3) is 5.91 Å². The molecule has 4 aromatic rings. The van der Waals surface area contributed by atoms with E-state index in [4.69, 9.17) is 4.74 Å². The summed E-state index contributed by atoms with van der Waals surface area (Å²) in [7, 11) is 1.48. The number of carbonyl (C=O) groups excluding carboxylic acids is 1. The van der Waals surface area contributed by atoms with Gasteiger partial charge in [-0.2, -0.15) is 9.67 Å². The van der Waals surface area contributed by atoms with Gasteiger partial charge in [0.1, 0.15) is 0 Å². The largest absolute Gasteiger partial charge is 0.466 e. The molecule has 0 fully saturated rings. The maximum absolute atomic E-state index is 12.9. The van der Waals surface area contributed by atoms with Gasteiger partial charge in [-0.25, -0.2) is 0 Å². The van der Waals surface area contributed by atoms with E-state index in [0.29, 0.717) is 11.4 Å². The molecule has 5 nitrogen and oxygen atoms in total. The summed E-state index contributed by atoms with van der Waals surface area (Å²) in [6.07, 6.45) is 0. The Labute approximate surface area is 154 Å². The number of rotatable bonds is 4. The van der Waals surface area contributed by atoms with Gasteiger partial charge < -0.3 is 4.74 Å². The summed E-state index contributed by atoms with van der Waals surface area (Å²) in [4.78, 5) is 18.1. The van der Waals surface area contributed by atoms with Gasteiger partial charge in [0.2, 0.25) is 0 Å². The summed E-state index contributed by atoms with van der Waals surface area (Å²) in [5.74, 6) is 0.234. The first kappa shape index (κ1) is 16.2. The van der Waals surface area contributed by atoms with E-state index in [1.807, 2.05) is 60.0 Å². The summed E-state index contributed by atoms with van der Waals surface area (Å²) in [5, 5.41) is 6.11. The molecule has 0 unspecified atom stereocenters. The third-order valence-corrected chi connectivity index (χ3v) is 4.81.